The molecule has 1 amide bonds. The molecule has 136 valence electrons. The summed E-state index contributed by atoms with van der Waals surface area (Å²) in [6, 6.07) is 7.00. The van der Waals surface area contributed by atoms with Gasteiger partial charge in [0.15, 0.2) is 6.29 Å². The van der Waals surface area contributed by atoms with Crippen molar-refractivity contribution in [2.24, 2.45) is 30.5 Å². The number of amides is 1. The lowest BCUT2D eigenvalue weighted by atomic mass is 9.89. The van der Waals surface area contributed by atoms with E-state index in [-0.39, 0.29) is 5.91 Å². The minimum Gasteiger partial charge on any atom is -0.333 e. The fraction of sp³-hybridized carbons (Fsp3) is 0.450. The third-order valence-electron chi connectivity index (χ3n) is 5.55. The minimum absolute atomic E-state index is 0.101. The zero-order chi connectivity index (χ0) is 18.3. The molecule has 3 N–H and O–H groups in total. The minimum atomic E-state index is -0.437. The summed E-state index contributed by atoms with van der Waals surface area (Å²) < 4.78 is 1.81. The van der Waals surface area contributed by atoms with Gasteiger partial charge in [0.25, 0.3) is 0 Å². The highest BCUT2D eigenvalue weighted by atomic mass is 16.2. The first kappa shape index (κ1) is 17.0. The topological polar surface area (TPSA) is 90.0 Å². The molecule has 1 atom stereocenters. The molecule has 26 heavy (non-hydrogen) atoms. The van der Waals surface area contributed by atoms with Gasteiger partial charge >= 0.3 is 0 Å². The van der Waals surface area contributed by atoms with Crippen LogP contribution in [0.1, 0.15) is 36.2 Å². The van der Waals surface area contributed by atoms with E-state index < -0.39 is 6.04 Å². The molecule has 0 saturated heterocycles. The highest BCUT2D eigenvalue weighted by Crippen LogP contribution is 2.50. The Morgan fingerprint density at radius 3 is 2.38 bits per heavy atom. The monoisotopic (exact) mass is 352 g/mol. The standard InChI is InChI=1S/C20H24N4O2/c1-24-11-22-16(10-25)19(24)14-6-8-15(9-7-14)23-20(26)18(21)17(12-2-3-12)13-4-5-13/h6-13,17-18H,2-5,21H2,1H3,(H,23,26). The van der Waals surface area contributed by atoms with E-state index in [2.05, 4.69) is 10.3 Å². The van der Waals surface area contributed by atoms with Gasteiger partial charge in [-0.05, 0) is 55.6 Å². The molecule has 0 radical (unpaired) electrons. The van der Waals surface area contributed by atoms with Crippen LogP contribution in [-0.4, -0.2) is 27.8 Å². The highest BCUT2D eigenvalue weighted by Gasteiger charge is 2.46. The maximum atomic E-state index is 12.6. The first-order valence-corrected chi connectivity index (χ1v) is 9.22. The van der Waals surface area contributed by atoms with E-state index in [4.69, 9.17) is 5.73 Å². The second-order valence-electron chi connectivity index (χ2n) is 7.55. The maximum absolute atomic E-state index is 12.6. The summed E-state index contributed by atoms with van der Waals surface area (Å²) in [6.45, 7) is 0. The van der Waals surface area contributed by atoms with Crippen molar-refractivity contribution >= 4 is 17.9 Å². The number of anilines is 1. The number of benzene rings is 1. The first-order chi connectivity index (χ1) is 12.6. The summed E-state index contributed by atoms with van der Waals surface area (Å²) in [7, 11) is 1.85. The van der Waals surface area contributed by atoms with Crippen molar-refractivity contribution in [1.82, 2.24) is 9.55 Å². The lowest BCUT2D eigenvalue weighted by Gasteiger charge is -2.23. The predicted molar refractivity (Wildman–Crippen MR) is 99.6 cm³/mol. The highest BCUT2D eigenvalue weighted by molar-refractivity contribution is 5.95. The summed E-state index contributed by atoms with van der Waals surface area (Å²) >= 11 is 0. The van der Waals surface area contributed by atoms with Gasteiger partial charge in [-0.3, -0.25) is 9.59 Å². The molecule has 1 aromatic heterocycles. The molecule has 0 spiro atoms. The SMILES string of the molecule is Cn1cnc(C=O)c1-c1ccc(NC(=O)C(N)C(C2CC2)C2CC2)cc1. The van der Waals surface area contributed by atoms with Crippen LogP contribution in [0.4, 0.5) is 5.69 Å². The van der Waals surface area contributed by atoms with E-state index in [0.29, 0.717) is 23.4 Å². The van der Waals surface area contributed by atoms with Crippen LogP contribution in [0.15, 0.2) is 30.6 Å². The van der Waals surface area contributed by atoms with Gasteiger partial charge in [0, 0.05) is 18.3 Å². The van der Waals surface area contributed by atoms with Gasteiger partial charge in [-0.1, -0.05) is 12.1 Å². The van der Waals surface area contributed by atoms with Crippen LogP contribution in [0.2, 0.25) is 0 Å². The van der Waals surface area contributed by atoms with E-state index in [0.717, 1.165) is 23.2 Å². The Bertz CT molecular complexity index is 807. The van der Waals surface area contributed by atoms with Crippen molar-refractivity contribution < 1.29 is 9.59 Å². The van der Waals surface area contributed by atoms with E-state index in [1.165, 1.54) is 25.7 Å². The quantitative estimate of drug-likeness (QED) is 0.750. The third kappa shape index (κ3) is 3.29. The zero-order valence-electron chi connectivity index (χ0n) is 14.9. The van der Waals surface area contributed by atoms with Crippen LogP contribution in [0.5, 0.6) is 0 Å². The molecule has 6 nitrogen and oxygen atoms in total. The average Bonchev–Trinajstić information content (AvgIpc) is 3.56. The molecule has 0 aliphatic heterocycles. The van der Waals surface area contributed by atoms with Gasteiger partial charge in [-0.25, -0.2) is 4.98 Å². The maximum Gasteiger partial charge on any atom is 0.241 e. The van der Waals surface area contributed by atoms with Crippen molar-refractivity contribution in [2.75, 3.05) is 5.32 Å². The lowest BCUT2D eigenvalue weighted by molar-refractivity contribution is -0.118. The van der Waals surface area contributed by atoms with E-state index in [9.17, 15) is 9.59 Å². The second kappa shape index (κ2) is 6.68. The Morgan fingerprint density at radius 2 is 1.85 bits per heavy atom. The van der Waals surface area contributed by atoms with Crippen LogP contribution in [0, 0.1) is 17.8 Å². The Balaban J connectivity index is 1.46. The second-order valence-corrected chi connectivity index (χ2v) is 7.55. The molecule has 2 aliphatic rings. The number of hydrogen-bond acceptors (Lipinski definition) is 4. The Hall–Kier alpha value is -2.47. The Morgan fingerprint density at radius 1 is 1.23 bits per heavy atom. The van der Waals surface area contributed by atoms with Crippen molar-refractivity contribution in [3.63, 3.8) is 0 Å². The number of aromatic nitrogens is 2. The number of carbonyl (C=O) groups is 2. The van der Waals surface area contributed by atoms with E-state index >= 15 is 0 Å². The largest absolute Gasteiger partial charge is 0.333 e. The van der Waals surface area contributed by atoms with Crippen molar-refractivity contribution in [2.45, 2.75) is 31.7 Å². The van der Waals surface area contributed by atoms with Crippen LogP contribution < -0.4 is 11.1 Å². The Kier molecular flexibility index (Phi) is 4.36. The van der Waals surface area contributed by atoms with E-state index in [1.807, 2.05) is 35.9 Å². The van der Waals surface area contributed by atoms with Crippen molar-refractivity contribution in [3.05, 3.63) is 36.3 Å². The molecule has 2 saturated carbocycles. The average molecular weight is 352 g/mol. The molecule has 4 rings (SSSR count). The molecule has 2 fully saturated rings. The van der Waals surface area contributed by atoms with Crippen molar-refractivity contribution in [1.29, 1.82) is 0 Å². The van der Waals surface area contributed by atoms with Crippen LogP contribution in [0.25, 0.3) is 11.3 Å². The molecular formula is C20H24N4O2. The predicted octanol–water partition coefficient (Wildman–Crippen LogP) is 2.60. The molecule has 2 aliphatic carbocycles. The van der Waals surface area contributed by atoms with Gasteiger partial charge in [0.05, 0.1) is 18.1 Å². The number of nitrogens with two attached hydrogens (primary N) is 1. The van der Waals surface area contributed by atoms with Gasteiger partial charge < -0.3 is 15.6 Å². The molecule has 0 bridgehead atoms. The third-order valence-corrected chi connectivity index (χ3v) is 5.55. The number of carbonyl (C=O) groups excluding carboxylic acids is 2. The number of nitrogens with zero attached hydrogens (tertiary/aromatic N) is 2. The van der Waals surface area contributed by atoms with Crippen LogP contribution in [0.3, 0.4) is 0 Å². The summed E-state index contributed by atoms with van der Waals surface area (Å²) in [5.74, 6) is 1.50. The molecule has 1 heterocycles. The fourth-order valence-electron chi connectivity index (χ4n) is 3.93. The number of aryl methyl sites for hydroxylation is 1. The summed E-state index contributed by atoms with van der Waals surface area (Å²) in [4.78, 5) is 27.8. The van der Waals surface area contributed by atoms with Gasteiger partial charge in [-0.15, -0.1) is 0 Å². The molecule has 1 unspecified atom stereocenters. The smallest absolute Gasteiger partial charge is 0.241 e. The van der Waals surface area contributed by atoms with E-state index in [1.54, 1.807) is 6.33 Å². The van der Waals surface area contributed by atoms with Gasteiger partial charge in [-0.2, -0.15) is 0 Å². The first-order valence-electron chi connectivity index (χ1n) is 9.22. The van der Waals surface area contributed by atoms with Crippen LogP contribution in [-0.2, 0) is 11.8 Å². The Labute approximate surface area is 152 Å². The van der Waals surface area contributed by atoms with Crippen molar-refractivity contribution in [3.8, 4) is 11.3 Å². The van der Waals surface area contributed by atoms with Crippen LogP contribution >= 0.6 is 0 Å². The molecule has 1 aromatic carbocycles. The number of hydrogen-bond donors (Lipinski definition) is 2. The number of rotatable bonds is 7. The number of imidazole rings is 1. The molecule has 2 aromatic rings. The number of aldehydes is 1. The molecule has 6 heteroatoms. The molecular weight excluding hydrogens is 328 g/mol. The van der Waals surface area contributed by atoms with Gasteiger partial charge in [0.1, 0.15) is 5.69 Å². The summed E-state index contributed by atoms with van der Waals surface area (Å²) in [5.41, 5.74) is 9.06. The number of nitrogens with one attached hydrogen (secondary N) is 1. The van der Waals surface area contributed by atoms with Gasteiger partial charge in [0.2, 0.25) is 5.91 Å². The summed E-state index contributed by atoms with van der Waals surface area (Å²) in [5, 5.41) is 2.95. The summed E-state index contributed by atoms with van der Waals surface area (Å²) in [6.07, 6.45) is 7.20. The normalized spacial score (nSPS) is 18.0. The lowest BCUT2D eigenvalue weighted by Crippen LogP contribution is -2.43. The zero-order valence-corrected chi connectivity index (χ0v) is 14.9. The fourth-order valence-corrected chi connectivity index (χ4v) is 3.93.